The maximum absolute atomic E-state index is 13.7. The van der Waals surface area contributed by atoms with Gasteiger partial charge in [-0.1, -0.05) is 11.6 Å². The Morgan fingerprint density at radius 2 is 2.06 bits per heavy atom. The Morgan fingerprint density at radius 1 is 1.24 bits per heavy atom. The highest BCUT2D eigenvalue weighted by molar-refractivity contribution is 6.35. The first-order chi connectivity index (χ1) is 16.3. The zero-order valence-corrected chi connectivity index (χ0v) is 19.5. The molecular weight excluding hydrogens is 457 g/mol. The number of fused-ring (bicyclic) bond motifs is 1. The standard InChI is InChI=1S/C26H23ClFN3O3/c1-30-10-9-17(14-30)31(2)26(33)21-11-15(3-6-22(21)27)24-8-5-18(34-24)13-20-19-12-16(28)4-7-23(19)29-25(20)32/h3-8,11-13,17H,9-10,14H2,1-2H3,(H,29,32)/b20-13+. The van der Waals surface area contributed by atoms with E-state index in [9.17, 15) is 14.0 Å². The number of likely N-dealkylation sites (tertiary alicyclic amines) is 1. The molecule has 8 heteroatoms. The van der Waals surface area contributed by atoms with Crippen molar-refractivity contribution in [3.8, 4) is 11.3 Å². The van der Waals surface area contributed by atoms with Crippen molar-refractivity contribution in [2.75, 3.05) is 32.5 Å². The van der Waals surface area contributed by atoms with E-state index < -0.39 is 5.82 Å². The van der Waals surface area contributed by atoms with Crippen LogP contribution < -0.4 is 5.32 Å². The Balaban J connectivity index is 1.42. The minimum atomic E-state index is -0.422. The third-order valence-corrected chi connectivity index (χ3v) is 6.72. The van der Waals surface area contributed by atoms with Gasteiger partial charge in [-0.3, -0.25) is 9.59 Å². The smallest absolute Gasteiger partial charge is 0.256 e. The third-order valence-electron chi connectivity index (χ3n) is 6.39. The van der Waals surface area contributed by atoms with E-state index in [0.29, 0.717) is 44.5 Å². The lowest BCUT2D eigenvalue weighted by Gasteiger charge is -2.25. The number of likely N-dealkylation sites (N-methyl/N-ethyl adjacent to an activating group) is 2. The summed E-state index contributed by atoms with van der Waals surface area (Å²) in [6.45, 7) is 1.78. The molecule has 3 heterocycles. The molecule has 2 aromatic carbocycles. The third kappa shape index (κ3) is 4.13. The van der Waals surface area contributed by atoms with Crippen molar-refractivity contribution in [3.63, 3.8) is 0 Å². The number of hydrogen-bond acceptors (Lipinski definition) is 4. The Hall–Kier alpha value is -3.42. The molecule has 3 aromatic rings. The van der Waals surface area contributed by atoms with Crippen LogP contribution in [-0.2, 0) is 4.79 Å². The van der Waals surface area contributed by atoms with Crippen molar-refractivity contribution in [1.82, 2.24) is 9.80 Å². The predicted molar refractivity (Wildman–Crippen MR) is 130 cm³/mol. The maximum atomic E-state index is 13.7. The van der Waals surface area contributed by atoms with Crippen LogP contribution in [0.5, 0.6) is 0 Å². The van der Waals surface area contributed by atoms with Crippen molar-refractivity contribution in [2.45, 2.75) is 12.5 Å². The number of nitrogens with one attached hydrogen (secondary N) is 1. The highest BCUT2D eigenvalue weighted by Gasteiger charge is 2.28. The molecule has 2 aliphatic rings. The van der Waals surface area contributed by atoms with E-state index in [2.05, 4.69) is 10.2 Å². The van der Waals surface area contributed by atoms with Gasteiger partial charge in [0, 0.05) is 36.4 Å². The Bertz CT molecular complexity index is 1330. The van der Waals surface area contributed by atoms with E-state index in [0.717, 1.165) is 19.5 Å². The average molecular weight is 480 g/mol. The van der Waals surface area contributed by atoms with Gasteiger partial charge in [0.1, 0.15) is 17.3 Å². The van der Waals surface area contributed by atoms with Crippen LogP contribution >= 0.6 is 11.6 Å². The molecule has 1 atom stereocenters. The van der Waals surface area contributed by atoms with Gasteiger partial charge in [0.15, 0.2) is 0 Å². The highest BCUT2D eigenvalue weighted by Crippen LogP contribution is 2.35. The first-order valence-electron chi connectivity index (χ1n) is 11.0. The number of nitrogens with zero attached hydrogens (tertiary/aromatic N) is 2. The summed E-state index contributed by atoms with van der Waals surface area (Å²) in [4.78, 5) is 29.5. The topological polar surface area (TPSA) is 65.8 Å². The van der Waals surface area contributed by atoms with E-state index in [1.54, 1.807) is 48.4 Å². The molecule has 0 spiro atoms. The second-order valence-corrected chi connectivity index (χ2v) is 9.13. The number of benzene rings is 2. The van der Waals surface area contributed by atoms with Crippen LogP contribution in [0.4, 0.5) is 10.1 Å². The van der Waals surface area contributed by atoms with Crippen LogP contribution in [-0.4, -0.2) is 54.8 Å². The molecule has 1 N–H and O–H groups in total. The lowest BCUT2D eigenvalue weighted by molar-refractivity contribution is -0.110. The number of hydrogen-bond donors (Lipinski definition) is 1. The summed E-state index contributed by atoms with van der Waals surface area (Å²) >= 11 is 6.38. The molecule has 174 valence electrons. The van der Waals surface area contributed by atoms with Crippen LogP contribution in [0.2, 0.25) is 5.02 Å². The van der Waals surface area contributed by atoms with E-state index in [-0.39, 0.29) is 17.9 Å². The normalized spacial score (nSPS) is 18.9. The molecule has 34 heavy (non-hydrogen) atoms. The zero-order chi connectivity index (χ0) is 24.0. The molecule has 2 amide bonds. The van der Waals surface area contributed by atoms with Crippen molar-refractivity contribution >= 4 is 40.8 Å². The van der Waals surface area contributed by atoms with Gasteiger partial charge in [0.2, 0.25) is 0 Å². The quantitative estimate of drug-likeness (QED) is 0.534. The second kappa shape index (κ2) is 8.74. The van der Waals surface area contributed by atoms with Crippen molar-refractivity contribution < 1.29 is 18.4 Å². The van der Waals surface area contributed by atoms with Crippen LogP contribution in [0, 0.1) is 5.82 Å². The van der Waals surface area contributed by atoms with E-state index >= 15 is 0 Å². The fourth-order valence-corrected chi connectivity index (χ4v) is 4.66. The molecule has 0 saturated carbocycles. The summed E-state index contributed by atoms with van der Waals surface area (Å²) in [5, 5.41) is 3.10. The van der Waals surface area contributed by atoms with E-state index in [1.807, 2.05) is 7.05 Å². The first-order valence-corrected chi connectivity index (χ1v) is 11.4. The van der Waals surface area contributed by atoms with Gasteiger partial charge >= 0.3 is 0 Å². The summed E-state index contributed by atoms with van der Waals surface area (Å²) in [6, 6.07) is 13.0. The average Bonchev–Trinajstić information content (AvgIpc) is 3.53. The van der Waals surface area contributed by atoms with Gasteiger partial charge in [0.25, 0.3) is 11.8 Å². The van der Waals surface area contributed by atoms with Gasteiger partial charge in [-0.05, 0) is 74.6 Å². The molecular formula is C26H23ClFN3O3. The minimum absolute atomic E-state index is 0.137. The maximum Gasteiger partial charge on any atom is 0.256 e. The summed E-state index contributed by atoms with van der Waals surface area (Å²) in [5.74, 6) is 0.0829. The molecule has 6 nitrogen and oxygen atoms in total. The SMILES string of the molecule is CN1CCC(N(C)C(=O)c2cc(-c3ccc(/C=C4/C(=O)Nc5ccc(F)cc54)o3)ccc2Cl)C1. The monoisotopic (exact) mass is 479 g/mol. The summed E-state index contributed by atoms with van der Waals surface area (Å²) < 4.78 is 19.7. The van der Waals surface area contributed by atoms with Crippen LogP contribution in [0.15, 0.2) is 52.9 Å². The Morgan fingerprint density at radius 3 is 2.82 bits per heavy atom. The van der Waals surface area contributed by atoms with Crippen molar-refractivity contribution in [3.05, 3.63) is 76.3 Å². The Kier molecular flexibility index (Phi) is 5.75. The molecule has 1 saturated heterocycles. The van der Waals surface area contributed by atoms with Crippen LogP contribution in [0.1, 0.15) is 28.1 Å². The largest absolute Gasteiger partial charge is 0.457 e. The van der Waals surface area contributed by atoms with Crippen LogP contribution in [0.3, 0.4) is 0 Å². The summed E-state index contributed by atoms with van der Waals surface area (Å²) in [5.41, 5.74) is 2.47. The number of carbonyl (C=O) groups is 2. The lowest BCUT2D eigenvalue weighted by Crippen LogP contribution is -2.38. The molecule has 0 bridgehead atoms. The van der Waals surface area contributed by atoms with Gasteiger partial charge < -0.3 is 19.5 Å². The molecule has 1 unspecified atom stereocenters. The second-order valence-electron chi connectivity index (χ2n) is 8.72. The van der Waals surface area contributed by atoms with Gasteiger partial charge in [-0.2, -0.15) is 0 Å². The molecule has 1 aromatic heterocycles. The fraction of sp³-hybridized carbons (Fsp3) is 0.231. The minimum Gasteiger partial charge on any atom is -0.457 e. The number of carbonyl (C=O) groups excluding carboxylic acids is 2. The number of furan rings is 1. The predicted octanol–water partition coefficient (Wildman–Crippen LogP) is 5.01. The molecule has 2 aliphatic heterocycles. The molecule has 0 aliphatic carbocycles. The highest BCUT2D eigenvalue weighted by atomic mass is 35.5. The number of amides is 2. The van der Waals surface area contributed by atoms with Gasteiger partial charge in [-0.15, -0.1) is 0 Å². The first kappa shape index (κ1) is 22.4. The van der Waals surface area contributed by atoms with Gasteiger partial charge in [0.05, 0.1) is 16.2 Å². The molecule has 5 rings (SSSR count). The lowest BCUT2D eigenvalue weighted by atomic mass is 10.1. The van der Waals surface area contributed by atoms with E-state index in [4.69, 9.17) is 16.0 Å². The summed E-state index contributed by atoms with van der Waals surface area (Å²) in [6.07, 6.45) is 2.50. The van der Waals surface area contributed by atoms with Crippen molar-refractivity contribution in [2.24, 2.45) is 0 Å². The number of halogens is 2. The van der Waals surface area contributed by atoms with Gasteiger partial charge in [-0.25, -0.2) is 4.39 Å². The molecule has 0 radical (unpaired) electrons. The van der Waals surface area contributed by atoms with E-state index in [1.165, 1.54) is 18.2 Å². The Labute approximate surface area is 201 Å². The fourth-order valence-electron chi connectivity index (χ4n) is 4.46. The number of rotatable bonds is 4. The summed E-state index contributed by atoms with van der Waals surface area (Å²) in [7, 11) is 3.85. The van der Waals surface area contributed by atoms with Crippen LogP contribution in [0.25, 0.3) is 23.0 Å². The number of anilines is 1. The zero-order valence-electron chi connectivity index (χ0n) is 18.8. The van der Waals surface area contributed by atoms with Crippen molar-refractivity contribution in [1.29, 1.82) is 0 Å². The molecule has 1 fully saturated rings.